The minimum Gasteiger partial charge on any atom is -0.399 e. The maximum Gasteiger partial charge on any atom is 0.494 e. The van der Waals surface area contributed by atoms with Gasteiger partial charge in [-0.2, -0.15) is 18.4 Å². The highest BCUT2D eigenvalue weighted by Gasteiger charge is 2.52. The van der Waals surface area contributed by atoms with Crippen LogP contribution in [0.3, 0.4) is 0 Å². The fourth-order valence-corrected chi connectivity index (χ4v) is 2.00. The van der Waals surface area contributed by atoms with E-state index in [2.05, 4.69) is 0 Å². The topological polar surface area (TPSA) is 42.2 Å². The minimum atomic E-state index is -4.52. The van der Waals surface area contributed by atoms with Crippen molar-refractivity contribution in [2.75, 3.05) is 0 Å². The van der Waals surface area contributed by atoms with Crippen molar-refractivity contribution in [3.05, 3.63) is 29.3 Å². The van der Waals surface area contributed by atoms with Gasteiger partial charge in [0.15, 0.2) is 0 Å². The number of nitriles is 1. The molecule has 1 fully saturated rings. The lowest BCUT2D eigenvalue weighted by Crippen LogP contribution is -2.41. The molecule has 0 bridgehead atoms. The molecule has 0 aromatic heterocycles. The van der Waals surface area contributed by atoms with Crippen LogP contribution in [0, 0.1) is 11.3 Å². The Kier molecular flexibility index (Phi) is 3.59. The molecular formula is C14H15BF3NO2. The second-order valence-electron chi connectivity index (χ2n) is 6.04. The van der Waals surface area contributed by atoms with Crippen LogP contribution in [0.5, 0.6) is 0 Å². The Hall–Kier alpha value is -1.52. The standard InChI is InChI=1S/C14H15BF3NO2/c1-12(2)13(3,4)21-15(20-12)11-6-9(8-19)5-10(7-11)14(16,17)18/h5-7H,1-4H3. The van der Waals surface area contributed by atoms with Crippen LogP contribution in [0.25, 0.3) is 0 Å². The lowest BCUT2D eigenvalue weighted by Gasteiger charge is -2.32. The summed E-state index contributed by atoms with van der Waals surface area (Å²) in [5.74, 6) is 0. The van der Waals surface area contributed by atoms with E-state index in [1.807, 2.05) is 27.7 Å². The molecule has 1 saturated heterocycles. The quantitative estimate of drug-likeness (QED) is 0.749. The monoisotopic (exact) mass is 297 g/mol. The smallest absolute Gasteiger partial charge is 0.399 e. The Morgan fingerprint density at radius 2 is 1.57 bits per heavy atom. The first-order valence-corrected chi connectivity index (χ1v) is 6.44. The van der Waals surface area contributed by atoms with Crippen molar-refractivity contribution in [3.8, 4) is 6.07 Å². The predicted octanol–water partition coefficient (Wildman–Crippen LogP) is 2.88. The number of rotatable bonds is 1. The molecule has 0 atom stereocenters. The third-order valence-corrected chi connectivity index (χ3v) is 3.94. The van der Waals surface area contributed by atoms with Gasteiger partial charge in [-0.3, -0.25) is 0 Å². The number of hydrogen-bond donors (Lipinski definition) is 0. The second-order valence-corrected chi connectivity index (χ2v) is 6.04. The summed E-state index contributed by atoms with van der Waals surface area (Å²) in [6, 6.07) is 4.87. The number of nitrogens with zero attached hydrogens (tertiary/aromatic N) is 1. The molecule has 0 radical (unpaired) electrons. The Morgan fingerprint density at radius 3 is 2.00 bits per heavy atom. The van der Waals surface area contributed by atoms with E-state index in [1.165, 1.54) is 6.07 Å². The molecule has 0 N–H and O–H groups in total. The van der Waals surface area contributed by atoms with Crippen LogP contribution in [-0.4, -0.2) is 18.3 Å². The molecule has 0 spiro atoms. The molecule has 1 aliphatic rings. The van der Waals surface area contributed by atoms with E-state index < -0.39 is 30.1 Å². The Balaban J connectivity index is 2.45. The molecule has 7 heteroatoms. The van der Waals surface area contributed by atoms with Crippen LogP contribution in [0.4, 0.5) is 13.2 Å². The van der Waals surface area contributed by atoms with E-state index >= 15 is 0 Å². The lowest BCUT2D eigenvalue weighted by atomic mass is 9.77. The molecule has 0 amide bonds. The molecule has 1 heterocycles. The van der Waals surface area contributed by atoms with Crippen molar-refractivity contribution < 1.29 is 22.5 Å². The molecule has 3 nitrogen and oxygen atoms in total. The van der Waals surface area contributed by atoms with Crippen molar-refractivity contribution in [3.63, 3.8) is 0 Å². The summed E-state index contributed by atoms with van der Waals surface area (Å²) in [7, 11) is -0.926. The van der Waals surface area contributed by atoms with Gasteiger partial charge in [-0.15, -0.1) is 0 Å². The molecule has 2 rings (SSSR count). The predicted molar refractivity (Wildman–Crippen MR) is 71.9 cm³/mol. The van der Waals surface area contributed by atoms with Crippen LogP contribution < -0.4 is 5.46 Å². The zero-order valence-electron chi connectivity index (χ0n) is 12.2. The van der Waals surface area contributed by atoms with Crippen LogP contribution >= 0.6 is 0 Å². The van der Waals surface area contributed by atoms with Gasteiger partial charge in [0.25, 0.3) is 0 Å². The third kappa shape index (κ3) is 2.92. The first-order valence-electron chi connectivity index (χ1n) is 6.44. The average Bonchev–Trinajstić information content (AvgIpc) is 2.57. The van der Waals surface area contributed by atoms with Gasteiger partial charge < -0.3 is 9.31 Å². The Bertz CT molecular complexity index is 589. The lowest BCUT2D eigenvalue weighted by molar-refractivity contribution is -0.137. The van der Waals surface area contributed by atoms with Crippen LogP contribution in [0.2, 0.25) is 0 Å². The number of alkyl halides is 3. The van der Waals surface area contributed by atoms with E-state index in [0.29, 0.717) is 0 Å². The first-order chi connectivity index (χ1) is 9.46. The Labute approximate surface area is 121 Å². The zero-order chi connectivity index (χ0) is 16.1. The molecule has 112 valence electrons. The van der Waals surface area contributed by atoms with E-state index in [0.717, 1.165) is 12.1 Å². The van der Waals surface area contributed by atoms with E-state index in [4.69, 9.17) is 14.6 Å². The summed E-state index contributed by atoms with van der Waals surface area (Å²) in [6.07, 6.45) is -4.52. The molecule has 1 aromatic carbocycles. The molecule has 21 heavy (non-hydrogen) atoms. The summed E-state index contributed by atoms with van der Waals surface area (Å²) >= 11 is 0. The summed E-state index contributed by atoms with van der Waals surface area (Å²) < 4.78 is 50.1. The van der Waals surface area contributed by atoms with Crippen molar-refractivity contribution >= 4 is 12.6 Å². The zero-order valence-corrected chi connectivity index (χ0v) is 12.2. The Morgan fingerprint density at radius 1 is 1.05 bits per heavy atom. The number of hydrogen-bond acceptors (Lipinski definition) is 3. The van der Waals surface area contributed by atoms with Crippen LogP contribution in [0.1, 0.15) is 38.8 Å². The van der Waals surface area contributed by atoms with Gasteiger partial charge in [-0.25, -0.2) is 0 Å². The SMILES string of the molecule is CC1(C)OB(c2cc(C#N)cc(C(F)(F)F)c2)OC1(C)C. The fraction of sp³-hybridized carbons (Fsp3) is 0.500. The van der Waals surface area contributed by atoms with E-state index in [1.54, 1.807) is 6.07 Å². The summed E-state index contributed by atoms with van der Waals surface area (Å²) in [6.45, 7) is 7.25. The molecule has 0 saturated carbocycles. The van der Waals surface area contributed by atoms with Gasteiger partial charge in [0, 0.05) is 0 Å². The highest BCUT2D eigenvalue weighted by Crippen LogP contribution is 2.37. The molecule has 1 aliphatic heterocycles. The first kappa shape index (κ1) is 15.9. The normalized spacial score (nSPS) is 20.4. The van der Waals surface area contributed by atoms with Gasteiger partial charge >= 0.3 is 13.3 Å². The van der Waals surface area contributed by atoms with Gasteiger partial charge in [0.1, 0.15) is 0 Å². The summed E-state index contributed by atoms with van der Waals surface area (Å²) in [5.41, 5.74) is -2.07. The maximum atomic E-state index is 12.9. The van der Waals surface area contributed by atoms with Gasteiger partial charge in [-0.05, 0) is 45.3 Å². The second kappa shape index (κ2) is 4.75. The fourth-order valence-electron chi connectivity index (χ4n) is 2.00. The van der Waals surface area contributed by atoms with Crippen molar-refractivity contribution in [2.45, 2.75) is 45.1 Å². The van der Waals surface area contributed by atoms with Crippen LogP contribution in [-0.2, 0) is 15.5 Å². The van der Waals surface area contributed by atoms with E-state index in [-0.39, 0.29) is 11.0 Å². The summed E-state index contributed by atoms with van der Waals surface area (Å²) in [4.78, 5) is 0. The molecular weight excluding hydrogens is 282 g/mol. The molecule has 0 unspecified atom stereocenters. The highest BCUT2D eigenvalue weighted by molar-refractivity contribution is 6.62. The van der Waals surface area contributed by atoms with Crippen molar-refractivity contribution in [2.24, 2.45) is 0 Å². The van der Waals surface area contributed by atoms with Crippen molar-refractivity contribution in [1.82, 2.24) is 0 Å². The number of halogens is 3. The highest BCUT2D eigenvalue weighted by atomic mass is 19.4. The number of benzene rings is 1. The van der Waals surface area contributed by atoms with Crippen molar-refractivity contribution in [1.29, 1.82) is 5.26 Å². The molecule has 0 aliphatic carbocycles. The average molecular weight is 297 g/mol. The maximum absolute atomic E-state index is 12.9. The van der Waals surface area contributed by atoms with Gasteiger partial charge in [-0.1, -0.05) is 6.07 Å². The van der Waals surface area contributed by atoms with Gasteiger partial charge in [0.05, 0.1) is 28.4 Å². The van der Waals surface area contributed by atoms with Crippen LogP contribution in [0.15, 0.2) is 18.2 Å². The minimum absolute atomic E-state index is 0.0745. The molecule has 1 aromatic rings. The largest absolute Gasteiger partial charge is 0.494 e. The summed E-state index contributed by atoms with van der Waals surface area (Å²) in [5, 5.41) is 8.90. The van der Waals surface area contributed by atoms with Gasteiger partial charge in [0.2, 0.25) is 0 Å². The third-order valence-electron chi connectivity index (χ3n) is 3.94. The van der Waals surface area contributed by atoms with E-state index in [9.17, 15) is 13.2 Å².